The van der Waals surface area contributed by atoms with Crippen molar-refractivity contribution in [2.45, 2.75) is 52.1 Å². The van der Waals surface area contributed by atoms with Gasteiger partial charge in [0.15, 0.2) is 0 Å². The third-order valence-electron chi connectivity index (χ3n) is 3.71. The molecule has 0 bridgehead atoms. The molecule has 2 aliphatic heterocycles. The van der Waals surface area contributed by atoms with E-state index in [0.717, 1.165) is 25.8 Å². The van der Waals surface area contributed by atoms with E-state index in [1.807, 2.05) is 11.8 Å². The van der Waals surface area contributed by atoms with Gasteiger partial charge in [-0.1, -0.05) is 20.8 Å². The summed E-state index contributed by atoms with van der Waals surface area (Å²) >= 11 is 0. The fraction of sp³-hybridized carbons (Fsp3) is 0.846. The van der Waals surface area contributed by atoms with Gasteiger partial charge < -0.3 is 9.80 Å². The topological polar surface area (TPSA) is 40.6 Å². The van der Waals surface area contributed by atoms with E-state index in [1.165, 1.54) is 0 Å². The SMILES string of the molecule is CCC1C(=O)N2CCCC2C(=O)N1CC(C)C. The van der Waals surface area contributed by atoms with E-state index in [2.05, 4.69) is 13.8 Å². The number of nitrogens with zero attached hydrogens (tertiary/aromatic N) is 2. The molecule has 17 heavy (non-hydrogen) atoms. The summed E-state index contributed by atoms with van der Waals surface area (Å²) in [5.74, 6) is 0.742. The lowest BCUT2D eigenvalue weighted by molar-refractivity contribution is -0.160. The average molecular weight is 238 g/mol. The number of amides is 2. The lowest BCUT2D eigenvalue weighted by Crippen LogP contribution is -2.63. The van der Waals surface area contributed by atoms with Crippen LogP contribution < -0.4 is 0 Å². The molecule has 0 aromatic heterocycles. The van der Waals surface area contributed by atoms with Crippen LogP contribution in [-0.4, -0.2) is 46.8 Å². The number of rotatable bonds is 3. The second-order valence-corrected chi connectivity index (χ2v) is 5.50. The van der Waals surface area contributed by atoms with Gasteiger partial charge in [-0.3, -0.25) is 9.59 Å². The number of hydrogen-bond donors (Lipinski definition) is 0. The van der Waals surface area contributed by atoms with Gasteiger partial charge in [0.1, 0.15) is 12.1 Å². The molecule has 2 saturated heterocycles. The van der Waals surface area contributed by atoms with Gasteiger partial charge in [-0.15, -0.1) is 0 Å². The first-order valence-corrected chi connectivity index (χ1v) is 6.67. The quantitative estimate of drug-likeness (QED) is 0.742. The summed E-state index contributed by atoms with van der Waals surface area (Å²) in [5.41, 5.74) is 0. The predicted octanol–water partition coefficient (Wildman–Crippen LogP) is 1.25. The van der Waals surface area contributed by atoms with Gasteiger partial charge in [-0.05, 0) is 25.2 Å². The van der Waals surface area contributed by atoms with Gasteiger partial charge in [-0.25, -0.2) is 0 Å². The lowest BCUT2D eigenvalue weighted by atomic mass is 10.0. The minimum Gasteiger partial charge on any atom is -0.329 e. The van der Waals surface area contributed by atoms with Crippen molar-refractivity contribution in [3.8, 4) is 0 Å². The molecule has 0 spiro atoms. The van der Waals surface area contributed by atoms with E-state index in [0.29, 0.717) is 12.5 Å². The number of piperazine rings is 1. The molecule has 2 unspecified atom stereocenters. The predicted molar refractivity (Wildman–Crippen MR) is 65.4 cm³/mol. The third-order valence-corrected chi connectivity index (χ3v) is 3.71. The molecule has 2 aliphatic rings. The summed E-state index contributed by atoms with van der Waals surface area (Å²) in [5, 5.41) is 0. The number of carbonyl (C=O) groups is 2. The molecular formula is C13H22N2O2. The number of fused-ring (bicyclic) bond motifs is 1. The molecular weight excluding hydrogens is 216 g/mol. The largest absolute Gasteiger partial charge is 0.329 e. The maximum Gasteiger partial charge on any atom is 0.246 e. The third kappa shape index (κ3) is 2.05. The van der Waals surface area contributed by atoms with Crippen molar-refractivity contribution in [3.63, 3.8) is 0 Å². The van der Waals surface area contributed by atoms with Crippen LogP contribution in [0, 0.1) is 5.92 Å². The molecule has 0 radical (unpaired) electrons. The van der Waals surface area contributed by atoms with Crippen LogP contribution in [0.15, 0.2) is 0 Å². The van der Waals surface area contributed by atoms with E-state index in [-0.39, 0.29) is 23.9 Å². The van der Waals surface area contributed by atoms with E-state index < -0.39 is 0 Å². The summed E-state index contributed by atoms with van der Waals surface area (Å²) in [6, 6.07) is -0.386. The van der Waals surface area contributed by atoms with E-state index >= 15 is 0 Å². The van der Waals surface area contributed by atoms with Crippen LogP contribution in [0.4, 0.5) is 0 Å². The monoisotopic (exact) mass is 238 g/mol. The molecule has 96 valence electrons. The number of carbonyl (C=O) groups excluding carboxylic acids is 2. The highest BCUT2D eigenvalue weighted by Gasteiger charge is 2.46. The molecule has 0 aromatic rings. The fourth-order valence-electron chi connectivity index (χ4n) is 2.96. The molecule has 2 heterocycles. The number of hydrogen-bond acceptors (Lipinski definition) is 2. The van der Waals surface area contributed by atoms with Crippen molar-refractivity contribution < 1.29 is 9.59 Å². The van der Waals surface area contributed by atoms with Gasteiger partial charge in [0.2, 0.25) is 11.8 Å². The molecule has 2 atom stereocenters. The van der Waals surface area contributed by atoms with Crippen molar-refractivity contribution in [2.75, 3.05) is 13.1 Å². The second-order valence-electron chi connectivity index (χ2n) is 5.50. The zero-order valence-corrected chi connectivity index (χ0v) is 11.0. The Balaban J connectivity index is 2.23. The van der Waals surface area contributed by atoms with Crippen molar-refractivity contribution >= 4 is 11.8 Å². The molecule has 2 fully saturated rings. The summed E-state index contributed by atoms with van der Waals surface area (Å²) in [7, 11) is 0. The minimum absolute atomic E-state index is 0.162. The Morgan fingerprint density at radius 1 is 1.29 bits per heavy atom. The molecule has 4 nitrogen and oxygen atoms in total. The molecule has 0 aliphatic carbocycles. The minimum atomic E-state index is -0.223. The standard InChI is InChI=1S/C13H22N2O2/c1-4-10-12(16)14-7-5-6-11(14)13(17)15(10)8-9(2)3/h9-11H,4-8H2,1-3H3. The summed E-state index contributed by atoms with van der Waals surface area (Å²) in [6.45, 7) is 7.63. The summed E-state index contributed by atoms with van der Waals surface area (Å²) in [4.78, 5) is 28.3. The van der Waals surface area contributed by atoms with Crippen LogP contribution in [0.5, 0.6) is 0 Å². The van der Waals surface area contributed by atoms with Crippen LogP contribution in [0.25, 0.3) is 0 Å². The molecule has 2 rings (SSSR count). The van der Waals surface area contributed by atoms with Crippen molar-refractivity contribution in [1.29, 1.82) is 0 Å². The first-order valence-electron chi connectivity index (χ1n) is 6.67. The first kappa shape index (κ1) is 12.4. The van der Waals surface area contributed by atoms with Crippen molar-refractivity contribution in [1.82, 2.24) is 9.80 Å². The van der Waals surface area contributed by atoms with Crippen LogP contribution >= 0.6 is 0 Å². The Labute approximate surface area is 103 Å². The zero-order valence-electron chi connectivity index (χ0n) is 11.0. The molecule has 0 saturated carbocycles. The van der Waals surface area contributed by atoms with Crippen molar-refractivity contribution in [2.24, 2.45) is 5.92 Å². The molecule has 2 amide bonds. The average Bonchev–Trinajstić information content (AvgIpc) is 2.74. The highest BCUT2D eigenvalue weighted by Crippen LogP contribution is 2.28. The van der Waals surface area contributed by atoms with E-state index in [9.17, 15) is 9.59 Å². The fourth-order valence-corrected chi connectivity index (χ4v) is 2.96. The van der Waals surface area contributed by atoms with Gasteiger partial charge in [0, 0.05) is 13.1 Å². The molecule has 4 heteroatoms. The maximum absolute atomic E-state index is 12.4. The van der Waals surface area contributed by atoms with Crippen LogP contribution in [0.1, 0.15) is 40.0 Å². The Kier molecular flexibility index (Phi) is 3.40. The van der Waals surface area contributed by atoms with E-state index in [1.54, 1.807) is 4.90 Å². The van der Waals surface area contributed by atoms with Gasteiger partial charge in [0.25, 0.3) is 0 Å². The van der Waals surface area contributed by atoms with Gasteiger partial charge in [-0.2, -0.15) is 0 Å². The lowest BCUT2D eigenvalue weighted by Gasteiger charge is -2.42. The maximum atomic E-state index is 12.4. The first-order chi connectivity index (χ1) is 8.06. The second kappa shape index (κ2) is 4.67. The Morgan fingerprint density at radius 3 is 2.59 bits per heavy atom. The summed E-state index contributed by atoms with van der Waals surface area (Å²) in [6.07, 6.45) is 2.53. The Hall–Kier alpha value is -1.06. The Morgan fingerprint density at radius 2 is 2.00 bits per heavy atom. The summed E-state index contributed by atoms with van der Waals surface area (Å²) < 4.78 is 0. The Bertz CT molecular complexity index is 327. The normalized spacial score (nSPS) is 29.2. The van der Waals surface area contributed by atoms with E-state index in [4.69, 9.17) is 0 Å². The van der Waals surface area contributed by atoms with Crippen LogP contribution in [-0.2, 0) is 9.59 Å². The van der Waals surface area contributed by atoms with Gasteiger partial charge >= 0.3 is 0 Å². The molecule has 0 N–H and O–H groups in total. The van der Waals surface area contributed by atoms with Crippen LogP contribution in [0.2, 0.25) is 0 Å². The highest BCUT2D eigenvalue weighted by molar-refractivity contribution is 5.97. The van der Waals surface area contributed by atoms with Gasteiger partial charge in [0.05, 0.1) is 0 Å². The highest BCUT2D eigenvalue weighted by atomic mass is 16.2. The smallest absolute Gasteiger partial charge is 0.246 e. The van der Waals surface area contributed by atoms with Crippen molar-refractivity contribution in [3.05, 3.63) is 0 Å². The zero-order chi connectivity index (χ0) is 12.6. The molecule has 0 aromatic carbocycles. The van der Waals surface area contributed by atoms with Crippen LogP contribution in [0.3, 0.4) is 0 Å².